The molecule has 1 aliphatic rings. The van der Waals surface area contributed by atoms with E-state index in [2.05, 4.69) is 22.0 Å². The van der Waals surface area contributed by atoms with E-state index in [0.717, 1.165) is 49.3 Å². The van der Waals surface area contributed by atoms with Gasteiger partial charge in [0.15, 0.2) is 11.5 Å². The Morgan fingerprint density at radius 3 is 2.35 bits per heavy atom. The average Bonchev–Trinajstić information content (AvgIpc) is 3.20. The standard InChI is InChI=1S/C27H29N3O4/c1-32-24-11-6-12-25(33-2)26(24)34-21-8-5-7-19(17-21)18-29-15-13-20(14-16-29)30-23-10-4-3-9-22(23)28-27(30)31/h3-12,17,20H,13-16,18H2,1-2H3,(H,28,31). The van der Waals surface area contributed by atoms with Crippen molar-refractivity contribution in [3.8, 4) is 23.0 Å². The van der Waals surface area contributed by atoms with Crippen molar-refractivity contribution in [1.29, 1.82) is 0 Å². The van der Waals surface area contributed by atoms with Gasteiger partial charge in [0, 0.05) is 25.7 Å². The van der Waals surface area contributed by atoms with Crippen LogP contribution in [0.15, 0.2) is 71.5 Å². The van der Waals surface area contributed by atoms with Gasteiger partial charge in [-0.1, -0.05) is 30.3 Å². The zero-order valence-corrected chi connectivity index (χ0v) is 19.5. The van der Waals surface area contributed by atoms with E-state index < -0.39 is 0 Å². The minimum absolute atomic E-state index is 0.0173. The molecule has 1 aromatic heterocycles. The van der Waals surface area contributed by atoms with Gasteiger partial charge in [-0.05, 0) is 54.8 Å². The van der Waals surface area contributed by atoms with Crippen LogP contribution in [0.4, 0.5) is 0 Å². The van der Waals surface area contributed by atoms with Crippen molar-refractivity contribution < 1.29 is 14.2 Å². The number of methoxy groups -OCH3 is 2. The van der Waals surface area contributed by atoms with Crippen LogP contribution in [0, 0.1) is 0 Å². The lowest BCUT2D eigenvalue weighted by molar-refractivity contribution is 0.180. The van der Waals surface area contributed by atoms with E-state index in [1.165, 1.54) is 5.56 Å². The molecule has 0 spiro atoms. The van der Waals surface area contributed by atoms with Crippen molar-refractivity contribution in [2.24, 2.45) is 0 Å². The second-order valence-corrected chi connectivity index (χ2v) is 8.57. The smallest absolute Gasteiger partial charge is 0.326 e. The molecule has 7 heteroatoms. The lowest BCUT2D eigenvalue weighted by Gasteiger charge is -2.32. The fraction of sp³-hybridized carbons (Fsp3) is 0.296. The summed E-state index contributed by atoms with van der Waals surface area (Å²) in [6.07, 6.45) is 1.88. The maximum absolute atomic E-state index is 12.6. The Morgan fingerprint density at radius 1 is 0.912 bits per heavy atom. The first-order valence-electron chi connectivity index (χ1n) is 11.6. The minimum Gasteiger partial charge on any atom is -0.493 e. The number of H-pyrrole nitrogens is 1. The second kappa shape index (κ2) is 9.65. The molecule has 34 heavy (non-hydrogen) atoms. The molecule has 0 unspecified atom stereocenters. The normalized spacial score (nSPS) is 14.9. The molecule has 0 bridgehead atoms. The van der Waals surface area contributed by atoms with Gasteiger partial charge in [0.05, 0.1) is 25.3 Å². The molecule has 4 aromatic rings. The zero-order valence-electron chi connectivity index (χ0n) is 19.5. The molecule has 0 amide bonds. The fourth-order valence-corrected chi connectivity index (χ4v) is 4.77. The number of piperidine rings is 1. The quantitative estimate of drug-likeness (QED) is 0.422. The number of para-hydroxylation sites is 3. The van der Waals surface area contributed by atoms with Gasteiger partial charge in [-0.15, -0.1) is 0 Å². The molecule has 1 N–H and O–H groups in total. The van der Waals surface area contributed by atoms with Crippen LogP contribution in [0.25, 0.3) is 11.0 Å². The Balaban J connectivity index is 1.26. The van der Waals surface area contributed by atoms with E-state index in [4.69, 9.17) is 14.2 Å². The Morgan fingerprint density at radius 2 is 1.62 bits per heavy atom. The van der Waals surface area contributed by atoms with Crippen LogP contribution in [0.5, 0.6) is 23.0 Å². The fourth-order valence-electron chi connectivity index (χ4n) is 4.77. The highest BCUT2D eigenvalue weighted by molar-refractivity contribution is 5.75. The number of hydrogen-bond acceptors (Lipinski definition) is 5. The van der Waals surface area contributed by atoms with Crippen molar-refractivity contribution >= 4 is 11.0 Å². The van der Waals surface area contributed by atoms with Gasteiger partial charge < -0.3 is 19.2 Å². The molecule has 176 valence electrons. The summed E-state index contributed by atoms with van der Waals surface area (Å²) >= 11 is 0. The van der Waals surface area contributed by atoms with Gasteiger partial charge in [-0.2, -0.15) is 0 Å². The Labute approximate surface area is 198 Å². The number of ether oxygens (including phenoxy) is 3. The zero-order chi connectivity index (χ0) is 23.5. The molecule has 2 heterocycles. The van der Waals surface area contributed by atoms with Gasteiger partial charge in [0.2, 0.25) is 5.75 Å². The highest BCUT2D eigenvalue weighted by atomic mass is 16.5. The highest BCUT2D eigenvalue weighted by Gasteiger charge is 2.23. The third-order valence-electron chi connectivity index (χ3n) is 6.45. The first-order valence-corrected chi connectivity index (χ1v) is 11.6. The number of rotatable bonds is 7. The number of nitrogens with one attached hydrogen (secondary N) is 1. The third kappa shape index (κ3) is 4.39. The Hall–Kier alpha value is -3.71. The largest absolute Gasteiger partial charge is 0.493 e. The van der Waals surface area contributed by atoms with Crippen molar-refractivity contribution in [1.82, 2.24) is 14.5 Å². The molecular formula is C27H29N3O4. The molecule has 0 atom stereocenters. The average molecular weight is 460 g/mol. The third-order valence-corrected chi connectivity index (χ3v) is 6.45. The number of likely N-dealkylation sites (tertiary alicyclic amines) is 1. The topological polar surface area (TPSA) is 68.7 Å². The lowest BCUT2D eigenvalue weighted by atomic mass is 10.0. The second-order valence-electron chi connectivity index (χ2n) is 8.57. The number of imidazole rings is 1. The van der Waals surface area contributed by atoms with Gasteiger partial charge in [0.1, 0.15) is 5.75 Å². The van der Waals surface area contributed by atoms with Gasteiger partial charge in [-0.3, -0.25) is 9.47 Å². The van der Waals surface area contributed by atoms with Crippen molar-refractivity contribution in [2.75, 3.05) is 27.3 Å². The van der Waals surface area contributed by atoms with Crippen molar-refractivity contribution in [3.05, 3.63) is 82.8 Å². The van der Waals surface area contributed by atoms with Gasteiger partial charge in [-0.25, -0.2) is 4.79 Å². The minimum atomic E-state index is -0.0173. The number of benzene rings is 3. The predicted molar refractivity (Wildman–Crippen MR) is 132 cm³/mol. The summed E-state index contributed by atoms with van der Waals surface area (Å²) in [5.74, 6) is 2.55. The van der Waals surface area contributed by atoms with Crippen LogP contribution in [0.2, 0.25) is 0 Å². The van der Waals surface area contributed by atoms with E-state index in [-0.39, 0.29) is 11.7 Å². The number of aromatic amines is 1. The number of fused-ring (bicyclic) bond motifs is 1. The molecule has 5 rings (SSSR count). The molecule has 1 saturated heterocycles. The van der Waals surface area contributed by atoms with Crippen LogP contribution in [-0.4, -0.2) is 41.8 Å². The highest BCUT2D eigenvalue weighted by Crippen LogP contribution is 2.40. The summed E-state index contributed by atoms with van der Waals surface area (Å²) in [7, 11) is 3.23. The van der Waals surface area contributed by atoms with Crippen molar-refractivity contribution in [3.63, 3.8) is 0 Å². The maximum atomic E-state index is 12.6. The van der Waals surface area contributed by atoms with Crippen LogP contribution in [-0.2, 0) is 6.54 Å². The molecule has 3 aromatic carbocycles. The van der Waals surface area contributed by atoms with E-state index in [1.807, 2.05) is 59.2 Å². The Bertz CT molecular complexity index is 1310. The molecular weight excluding hydrogens is 430 g/mol. The summed E-state index contributed by atoms with van der Waals surface area (Å²) < 4.78 is 19.0. The van der Waals surface area contributed by atoms with Gasteiger partial charge >= 0.3 is 5.69 Å². The van der Waals surface area contributed by atoms with Crippen LogP contribution < -0.4 is 19.9 Å². The molecule has 1 aliphatic heterocycles. The monoisotopic (exact) mass is 459 g/mol. The lowest BCUT2D eigenvalue weighted by Crippen LogP contribution is -2.36. The number of aromatic nitrogens is 2. The molecule has 0 aliphatic carbocycles. The van der Waals surface area contributed by atoms with E-state index in [1.54, 1.807) is 14.2 Å². The predicted octanol–water partition coefficient (Wildman–Crippen LogP) is 4.98. The first kappa shape index (κ1) is 22.1. The first-order chi connectivity index (χ1) is 16.7. The summed E-state index contributed by atoms with van der Waals surface area (Å²) in [6, 6.07) is 21.8. The van der Waals surface area contributed by atoms with Crippen LogP contribution >= 0.6 is 0 Å². The molecule has 0 saturated carbocycles. The number of hydrogen-bond donors (Lipinski definition) is 1. The SMILES string of the molecule is COc1cccc(OC)c1Oc1cccc(CN2CCC(n3c(=O)[nH]c4ccccc43)CC2)c1. The van der Waals surface area contributed by atoms with Crippen LogP contribution in [0.1, 0.15) is 24.4 Å². The molecule has 1 fully saturated rings. The molecule has 7 nitrogen and oxygen atoms in total. The summed E-state index contributed by atoms with van der Waals surface area (Å²) in [4.78, 5) is 18.0. The van der Waals surface area contributed by atoms with E-state index in [9.17, 15) is 4.79 Å². The van der Waals surface area contributed by atoms with Gasteiger partial charge in [0.25, 0.3) is 0 Å². The Kier molecular flexibility index (Phi) is 6.27. The maximum Gasteiger partial charge on any atom is 0.326 e. The summed E-state index contributed by atoms with van der Waals surface area (Å²) in [5.41, 5.74) is 3.05. The van der Waals surface area contributed by atoms with Crippen molar-refractivity contribution in [2.45, 2.75) is 25.4 Å². The van der Waals surface area contributed by atoms with Crippen LogP contribution in [0.3, 0.4) is 0 Å². The van der Waals surface area contributed by atoms with E-state index in [0.29, 0.717) is 17.2 Å². The summed E-state index contributed by atoms with van der Waals surface area (Å²) in [5, 5.41) is 0. The van der Waals surface area contributed by atoms with E-state index >= 15 is 0 Å². The molecule has 0 radical (unpaired) electrons. The number of nitrogens with zero attached hydrogens (tertiary/aromatic N) is 2. The summed E-state index contributed by atoms with van der Waals surface area (Å²) in [6.45, 7) is 2.69.